The van der Waals surface area contributed by atoms with E-state index in [0.717, 1.165) is 55.0 Å². The summed E-state index contributed by atoms with van der Waals surface area (Å²) in [6.07, 6.45) is 10.1. The standard InChI is InChI=1S/C23H28N6/c1-18-5-2-3-8-22(18)29-17-20(15-25-29)21-9-10-24-23(26-21)28-13-11-27(12-14-28)16-19-6-4-7-19/h2-3,5,8-10,15,17,19H,4,6-7,11-14,16H2,1H3. The van der Waals surface area contributed by atoms with Gasteiger partial charge in [0, 0.05) is 50.7 Å². The Morgan fingerprint density at radius 3 is 2.62 bits per heavy atom. The molecule has 1 aliphatic heterocycles. The third-order valence-corrected chi connectivity index (χ3v) is 6.28. The van der Waals surface area contributed by atoms with Crippen LogP contribution in [0.5, 0.6) is 0 Å². The molecule has 0 amide bonds. The molecule has 0 atom stereocenters. The first-order valence-electron chi connectivity index (χ1n) is 10.7. The zero-order valence-corrected chi connectivity index (χ0v) is 17.0. The van der Waals surface area contributed by atoms with Gasteiger partial charge in [-0.3, -0.25) is 4.90 Å². The van der Waals surface area contributed by atoms with Crippen LogP contribution in [0, 0.1) is 12.8 Å². The van der Waals surface area contributed by atoms with Gasteiger partial charge in [-0.05, 0) is 43.4 Å². The molecule has 150 valence electrons. The van der Waals surface area contributed by atoms with E-state index in [2.05, 4.69) is 38.9 Å². The summed E-state index contributed by atoms with van der Waals surface area (Å²) in [5.74, 6) is 1.76. The van der Waals surface area contributed by atoms with Crippen molar-refractivity contribution in [2.24, 2.45) is 5.92 Å². The number of para-hydroxylation sites is 1. The van der Waals surface area contributed by atoms with E-state index in [1.165, 1.54) is 31.4 Å². The second kappa shape index (κ2) is 7.95. The van der Waals surface area contributed by atoms with Gasteiger partial charge < -0.3 is 4.90 Å². The third kappa shape index (κ3) is 3.90. The maximum Gasteiger partial charge on any atom is 0.225 e. The van der Waals surface area contributed by atoms with Crippen molar-refractivity contribution < 1.29 is 0 Å². The molecular formula is C23H28N6. The quantitative estimate of drug-likeness (QED) is 0.669. The van der Waals surface area contributed by atoms with Crippen molar-refractivity contribution in [3.63, 3.8) is 0 Å². The van der Waals surface area contributed by atoms with Crippen molar-refractivity contribution in [1.29, 1.82) is 0 Å². The Balaban J connectivity index is 1.29. The van der Waals surface area contributed by atoms with E-state index in [1.807, 2.05) is 41.5 Å². The Bertz CT molecular complexity index is 969. The number of nitrogens with zero attached hydrogens (tertiary/aromatic N) is 6. The van der Waals surface area contributed by atoms with Crippen molar-refractivity contribution in [1.82, 2.24) is 24.6 Å². The molecule has 29 heavy (non-hydrogen) atoms. The SMILES string of the molecule is Cc1ccccc1-n1cc(-c2ccnc(N3CCN(CC4CCC4)CC3)n2)cn1. The highest BCUT2D eigenvalue weighted by molar-refractivity contribution is 5.59. The van der Waals surface area contributed by atoms with Crippen LogP contribution in [0.25, 0.3) is 16.9 Å². The summed E-state index contributed by atoms with van der Waals surface area (Å²) < 4.78 is 1.92. The zero-order chi connectivity index (χ0) is 19.6. The number of aryl methyl sites for hydroxylation is 1. The van der Waals surface area contributed by atoms with Gasteiger partial charge in [-0.2, -0.15) is 5.10 Å². The smallest absolute Gasteiger partial charge is 0.225 e. The van der Waals surface area contributed by atoms with Crippen LogP contribution in [0.4, 0.5) is 5.95 Å². The Labute approximate surface area is 172 Å². The van der Waals surface area contributed by atoms with Gasteiger partial charge in [0.1, 0.15) is 0 Å². The van der Waals surface area contributed by atoms with Crippen LogP contribution in [0.1, 0.15) is 24.8 Å². The summed E-state index contributed by atoms with van der Waals surface area (Å²) in [6, 6.07) is 10.2. The number of hydrogen-bond donors (Lipinski definition) is 0. The predicted octanol–water partition coefficient (Wildman–Crippen LogP) is 3.56. The number of benzene rings is 1. The van der Waals surface area contributed by atoms with Gasteiger partial charge in [-0.1, -0.05) is 24.6 Å². The molecule has 1 aromatic carbocycles. The molecule has 3 aromatic rings. The van der Waals surface area contributed by atoms with Gasteiger partial charge in [0.15, 0.2) is 0 Å². The van der Waals surface area contributed by atoms with Gasteiger partial charge in [0.2, 0.25) is 5.95 Å². The molecule has 2 aromatic heterocycles. The van der Waals surface area contributed by atoms with Crippen LogP contribution >= 0.6 is 0 Å². The van der Waals surface area contributed by atoms with E-state index in [4.69, 9.17) is 4.98 Å². The zero-order valence-electron chi connectivity index (χ0n) is 17.0. The van der Waals surface area contributed by atoms with Gasteiger partial charge in [-0.25, -0.2) is 14.6 Å². The fraction of sp³-hybridized carbons (Fsp3) is 0.435. The van der Waals surface area contributed by atoms with Crippen molar-refractivity contribution in [2.45, 2.75) is 26.2 Å². The maximum absolute atomic E-state index is 4.85. The monoisotopic (exact) mass is 388 g/mol. The lowest BCUT2D eigenvalue weighted by Gasteiger charge is -2.38. The molecule has 2 fully saturated rings. The molecule has 3 heterocycles. The third-order valence-electron chi connectivity index (χ3n) is 6.28. The van der Waals surface area contributed by atoms with E-state index in [1.54, 1.807) is 0 Å². The molecule has 0 unspecified atom stereocenters. The lowest BCUT2D eigenvalue weighted by atomic mass is 9.85. The molecule has 1 saturated heterocycles. The number of aromatic nitrogens is 4. The molecule has 0 N–H and O–H groups in total. The Kier molecular flexibility index (Phi) is 5.02. The van der Waals surface area contributed by atoms with Crippen LogP contribution in [0.15, 0.2) is 48.9 Å². The van der Waals surface area contributed by atoms with E-state index in [-0.39, 0.29) is 0 Å². The molecule has 5 rings (SSSR count). The molecule has 2 aliphatic rings. The summed E-state index contributed by atoms with van der Waals surface area (Å²) >= 11 is 0. The van der Waals surface area contributed by atoms with Crippen molar-refractivity contribution in [2.75, 3.05) is 37.6 Å². The minimum absolute atomic E-state index is 0.828. The highest BCUT2D eigenvalue weighted by Crippen LogP contribution is 2.28. The van der Waals surface area contributed by atoms with Crippen molar-refractivity contribution >= 4 is 5.95 Å². The van der Waals surface area contributed by atoms with E-state index in [0.29, 0.717) is 0 Å². The highest BCUT2D eigenvalue weighted by Gasteiger charge is 2.24. The van der Waals surface area contributed by atoms with Crippen LogP contribution in [0.2, 0.25) is 0 Å². The van der Waals surface area contributed by atoms with E-state index in [9.17, 15) is 0 Å². The molecule has 0 spiro atoms. The van der Waals surface area contributed by atoms with E-state index >= 15 is 0 Å². The summed E-state index contributed by atoms with van der Waals surface area (Å²) in [7, 11) is 0. The van der Waals surface area contributed by atoms with Gasteiger partial charge in [0.25, 0.3) is 0 Å². The topological polar surface area (TPSA) is 50.1 Å². The molecule has 6 heteroatoms. The molecular weight excluding hydrogens is 360 g/mol. The molecule has 1 aliphatic carbocycles. The van der Waals surface area contributed by atoms with Crippen molar-refractivity contribution in [3.8, 4) is 16.9 Å². The Morgan fingerprint density at radius 1 is 1.03 bits per heavy atom. The predicted molar refractivity (Wildman–Crippen MR) is 115 cm³/mol. The summed E-state index contributed by atoms with van der Waals surface area (Å²) in [6.45, 7) is 7.58. The van der Waals surface area contributed by atoms with Crippen LogP contribution in [0.3, 0.4) is 0 Å². The van der Waals surface area contributed by atoms with Gasteiger partial charge in [0.05, 0.1) is 17.6 Å². The average Bonchev–Trinajstić information content (AvgIpc) is 3.22. The summed E-state index contributed by atoms with van der Waals surface area (Å²) in [4.78, 5) is 14.3. The minimum atomic E-state index is 0.828. The lowest BCUT2D eigenvalue weighted by Crippen LogP contribution is -2.48. The first-order chi connectivity index (χ1) is 14.3. The molecule has 0 radical (unpaired) electrons. The van der Waals surface area contributed by atoms with Gasteiger partial charge in [-0.15, -0.1) is 0 Å². The Morgan fingerprint density at radius 2 is 1.86 bits per heavy atom. The fourth-order valence-corrected chi connectivity index (χ4v) is 4.24. The second-order valence-electron chi connectivity index (χ2n) is 8.29. The first kappa shape index (κ1) is 18.3. The number of piperazine rings is 1. The summed E-state index contributed by atoms with van der Waals surface area (Å²) in [5, 5.41) is 4.55. The average molecular weight is 389 g/mol. The normalized spacial score (nSPS) is 18.0. The largest absolute Gasteiger partial charge is 0.338 e. The fourth-order valence-electron chi connectivity index (χ4n) is 4.24. The lowest BCUT2D eigenvalue weighted by molar-refractivity contribution is 0.170. The van der Waals surface area contributed by atoms with Gasteiger partial charge >= 0.3 is 0 Å². The number of hydrogen-bond acceptors (Lipinski definition) is 5. The molecule has 0 bridgehead atoms. The number of rotatable bonds is 5. The molecule has 1 saturated carbocycles. The van der Waals surface area contributed by atoms with Crippen LogP contribution < -0.4 is 4.90 Å². The van der Waals surface area contributed by atoms with E-state index < -0.39 is 0 Å². The van der Waals surface area contributed by atoms with Crippen LogP contribution in [-0.4, -0.2) is 57.4 Å². The number of anilines is 1. The molecule has 6 nitrogen and oxygen atoms in total. The van der Waals surface area contributed by atoms with Crippen molar-refractivity contribution in [3.05, 3.63) is 54.5 Å². The first-order valence-corrected chi connectivity index (χ1v) is 10.7. The highest BCUT2D eigenvalue weighted by atomic mass is 15.3. The minimum Gasteiger partial charge on any atom is -0.338 e. The van der Waals surface area contributed by atoms with Crippen LogP contribution in [-0.2, 0) is 0 Å². The summed E-state index contributed by atoms with van der Waals surface area (Å²) in [5.41, 5.74) is 4.23. The second-order valence-corrected chi connectivity index (χ2v) is 8.29. The maximum atomic E-state index is 4.85. The Hall–Kier alpha value is -2.73.